The second-order valence-electron chi connectivity index (χ2n) is 7.26. The topological polar surface area (TPSA) is 69.6 Å². The van der Waals surface area contributed by atoms with E-state index in [0.717, 1.165) is 22.5 Å². The Morgan fingerprint density at radius 1 is 1.03 bits per heavy atom. The van der Waals surface area contributed by atoms with E-state index >= 15 is 0 Å². The fraction of sp³-hybridized carbons (Fsp3) is 0.217. The number of hydrogen-bond donors (Lipinski definition) is 2. The van der Waals surface area contributed by atoms with Gasteiger partial charge < -0.3 is 10.4 Å². The van der Waals surface area contributed by atoms with Gasteiger partial charge in [0.15, 0.2) is 0 Å². The molecule has 0 aromatic heterocycles. The number of rotatable bonds is 5. The number of sulfonamides is 1. The van der Waals surface area contributed by atoms with Crippen LogP contribution in [0.4, 0.5) is 11.4 Å². The maximum Gasteiger partial charge on any atom is 0.243 e. The Kier molecular flexibility index (Phi) is 6.11. The summed E-state index contributed by atoms with van der Waals surface area (Å²) in [6.45, 7) is 0.642. The zero-order chi connectivity index (χ0) is 21.1. The van der Waals surface area contributed by atoms with Crippen LogP contribution < -0.4 is 5.32 Å². The molecule has 7 heteroatoms. The first-order chi connectivity index (χ1) is 14.4. The quantitative estimate of drug-likeness (QED) is 0.602. The summed E-state index contributed by atoms with van der Waals surface area (Å²) in [7, 11) is -3.62. The second kappa shape index (κ2) is 8.78. The Hall–Kier alpha value is -2.38. The fourth-order valence-corrected chi connectivity index (χ4v) is 5.10. The fourth-order valence-electron chi connectivity index (χ4n) is 3.51. The number of aliphatic hydroxyl groups is 1. The van der Waals surface area contributed by atoms with Gasteiger partial charge in [-0.25, -0.2) is 8.42 Å². The predicted octanol–water partition coefficient (Wildman–Crippen LogP) is 4.70. The molecule has 1 aliphatic heterocycles. The van der Waals surface area contributed by atoms with Crippen molar-refractivity contribution >= 4 is 33.0 Å². The minimum absolute atomic E-state index is 0.133. The SMILES string of the molecule is O=S(=O)(c1[c]cc(-c2ccc(Cl)cc2Nc2ccccc2)cc1)N1CCC(O)CC1. The molecule has 3 aromatic rings. The highest BCUT2D eigenvalue weighted by molar-refractivity contribution is 7.89. The third kappa shape index (κ3) is 4.52. The van der Waals surface area contributed by atoms with Crippen LogP contribution in [0.5, 0.6) is 0 Å². The van der Waals surface area contributed by atoms with Gasteiger partial charge >= 0.3 is 0 Å². The van der Waals surface area contributed by atoms with Crippen LogP contribution in [0.2, 0.25) is 5.02 Å². The van der Waals surface area contributed by atoms with E-state index in [4.69, 9.17) is 11.6 Å². The minimum Gasteiger partial charge on any atom is -0.393 e. The molecule has 4 rings (SSSR count). The summed E-state index contributed by atoms with van der Waals surface area (Å²) in [6.07, 6.45) is 0.482. The number of aliphatic hydroxyl groups excluding tert-OH is 1. The number of nitrogens with one attached hydrogen (secondary N) is 1. The number of nitrogens with zero attached hydrogens (tertiary/aromatic N) is 1. The first-order valence-corrected chi connectivity index (χ1v) is 11.6. The van der Waals surface area contributed by atoms with Crippen molar-refractivity contribution in [2.24, 2.45) is 0 Å². The summed E-state index contributed by atoms with van der Waals surface area (Å²) in [5, 5.41) is 13.6. The molecule has 0 amide bonds. The molecule has 5 nitrogen and oxygen atoms in total. The Morgan fingerprint density at radius 2 is 1.77 bits per heavy atom. The largest absolute Gasteiger partial charge is 0.393 e. The molecule has 1 saturated heterocycles. The summed E-state index contributed by atoms with van der Waals surface area (Å²) < 4.78 is 27.2. The van der Waals surface area contributed by atoms with E-state index in [1.54, 1.807) is 24.3 Å². The van der Waals surface area contributed by atoms with E-state index in [2.05, 4.69) is 11.4 Å². The number of hydrogen-bond acceptors (Lipinski definition) is 4. The third-order valence-electron chi connectivity index (χ3n) is 5.17. The lowest BCUT2D eigenvalue weighted by atomic mass is 10.0. The van der Waals surface area contributed by atoms with Crippen LogP contribution in [0.3, 0.4) is 0 Å². The molecule has 0 spiro atoms. The Labute approximate surface area is 182 Å². The zero-order valence-electron chi connectivity index (χ0n) is 16.3. The maximum absolute atomic E-state index is 12.9. The minimum atomic E-state index is -3.62. The van der Waals surface area contributed by atoms with Gasteiger partial charge in [0.05, 0.1) is 11.0 Å². The van der Waals surface area contributed by atoms with Gasteiger partial charge in [-0.05, 0) is 54.8 Å². The molecule has 1 aliphatic rings. The van der Waals surface area contributed by atoms with Gasteiger partial charge in [0.2, 0.25) is 10.0 Å². The van der Waals surface area contributed by atoms with Crippen molar-refractivity contribution in [3.05, 3.63) is 77.8 Å². The van der Waals surface area contributed by atoms with Gasteiger partial charge in [0, 0.05) is 41.1 Å². The molecule has 1 radical (unpaired) electrons. The number of halogens is 1. The van der Waals surface area contributed by atoms with Crippen molar-refractivity contribution in [1.29, 1.82) is 0 Å². The van der Waals surface area contributed by atoms with Crippen molar-refractivity contribution in [2.45, 2.75) is 23.8 Å². The molecule has 3 aromatic carbocycles. The molecule has 155 valence electrons. The summed E-state index contributed by atoms with van der Waals surface area (Å²) >= 11 is 6.20. The summed E-state index contributed by atoms with van der Waals surface area (Å²) in [6, 6.07) is 23.3. The summed E-state index contributed by atoms with van der Waals surface area (Å²) in [5.41, 5.74) is 3.47. The Morgan fingerprint density at radius 3 is 2.43 bits per heavy atom. The summed E-state index contributed by atoms with van der Waals surface area (Å²) in [4.78, 5) is 0.133. The van der Waals surface area contributed by atoms with Crippen LogP contribution in [-0.2, 0) is 10.0 Å². The molecule has 0 saturated carbocycles. The first kappa shape index (κ1) is 20.9. The Balaban J connectivity index is 1.61. The highest BCUT2D eigenvalue weighted by Crippen LogP contribution is 2.33. The highest BCUT2D eigenvalue weighted by Gasteiger charge is 2.28. The lowest BCUT2D eigenvalue weighted by molar-refractivity contribution is 0.113. The monoisotopic (exact) mass is 441 g/mol. The molecular weight excluding hydrogens is 420 g/mol. The van der Waals surface area contributed by atoms with Crippen molar-refractivity contribution in [2.75, 3.05) is 18.4 Å². The van der Waals surface area contributed by atoms with E-state index in [0.29, 0.717) is 31.0 Å². The summed E-state index contributed by atoms with van der Waals surface area (Å²) in [5.74, 6) is 0. The molecule has 0 atom stereocenters. The van der Waals surface area contributed by atoms with Crippen molar-refractivity contribution in [3.8, 4) is 11.1 Å². The van der Waals surface area contributed by atoms with Crippen LogP contribution in [-0.4, -0.2) is 37.0 Å². The van der Waals surface area contributed by atoms with E-state index in [9.17, 15) is 13.5 Å². The van der Waals surface area contributed by atoms with E-state index < -0.39 is 16.1 Å². The van der Waals surface area contributed by atoms with Crippen molar-refractivity contribution < 1.29 is 13.5 Å². The molecular formula is C23H22ClN2O3S. The van der Waals surface area contributed by atoms with Crippen LogP contribution >= 0.6 is 11.6 Å². The molecule has 30 heavy (non-hydrogen) atoms. The number of para-hydroxylation sites is 1. The average Bonchev–Trinajstić information content (AvgIpc) is 2.75. The highest BCUT2D eigenvalue weighted by atomic mass is 35.5. The number of benzene rings is 3. The van der Waals surface area contributed by atoms with Crippen LogP contribution in [0.15, 0.2) is 71.6 Å². The lowest BCUT2D eigenvalue weighted by Gasteiger charge is -2.28. The second-order valence-corrected chi connectivity index (χ2v) is 9.60. The van der Waals surface area contributed by atoms with Crippen LogP contribution in [0.25, 0.3) is 11.1 Å². The molecule has 1 fully saturated rings. The van der Waals surface area contributed by atoms with Crippen LogP contribution in [0, 0.1) is 6.07 Å². The smallest absolute Gasteiger partial charge is 0.243 e. The molecule has 1 heterocycles. The molecule has 0 bridgehead atoms. The van der Waals surface area contributed by atoms with Gasteiger partial charge in [-0.1, -0.05) is 41.9 Å². The normalized spacial score (nSPS) is 15.8. The Bertz CT molecular complexity index is 1110. The van der Waals surface area contributed by atoms with Gasteiger partial charge in [0.1, 0.15) is 0 Å². The molecule has 2 N–H and O–H groups in total. The van der Waals surface area contributed by atoms with Gasteiger partial charge in [-0.15, -0.1) is 0 Å². The third-order valence-corrected chi connectivity index (χ3v) is 7.26. The van der Waals surface area contributed by atoms with E-state index in [1.165, 1.54) is 4.31 Å². The van der Waals surface area contributed by atoms with E-state index in [-0.39, 0.29) is 4.90 Å². The van der Waals surface area contributed by atoms with Gasteiger partial charge in [-0.2, -0.15) is 4.31 Å². The average molecular weight is 442 g/mol. The van der Waals surface area contributed by atoms with E-state index in [1.807, 2.05) is 42.5 Å². The van der Waals surface area contributed by atoms with Gasteiger partial charge in [0.25, 0.3) is 0 Å². The lowest BCUT2D eigenvalue weighted by Crippen LogP contribution is -2.40. The number of anilines is 2. The molecule has 0 aliphatic carbocycles. The van der Waals surface area contributed by atoms with Crippen molar-refractivity contribution in [3.63, 3.8) is 0 Å². The van der Waals surface area contributed by atoms with Crippen LogP contribution in [0.1, 0.15) is 12.8 Å². The first-order valence-electron chi connectivity index (χ1n) is 9.75. The maximum atomic E-state index is 12.9. The van der Waals surface area contributed by atoms with Gasteiger partial charge in [-0.3, -0.25) is 0 Å². The zero-order valence-corrected chi connectivity index (χ0v) is 17.8. The van der Waals surface area contributed by atoms with Crippen molar-refractivity contribution in [1.82, 2.24) is 4.31 Å². The number of piperidine rings is 1. The standard InChI is InChI=1S/C23H22ClN2O3S/c24-18-8-11-22(23(16-18)25-19-4-2-1-3-5-19)17-6-9-21(10-7-17)30(28,29)26-14-12-20(27)13-15-26/h1-9,11,16,20,25,27H,12-15H2. The molecule has 0 unspecified atom stereocenters. The predicted molar refractivity (Wildman–Crippen MR) is 119 cm³/mol.